The fourth-order valence-corrected chi connectivity index (χ4v) is 1.65. The molecule has 0 saturated carbocycles. The third kappa shape index (κ3) is 1.75. The summed E-state index contributed by atoms with van der Waals surface area (Å²) in [5.41, 5.74) is 1.87. The van der Waals surface area contributed by atoms with Crippen LogP contribution >= 0.6 is 0 Å². The molecule has 6 nitrogen and oxygen atoms in total. The summed E-state index contributed by atoms with van der Waals surface area (Å²) in [7, 11) is 0. The highest BCUT2D eigenvalue weighted by molar-refractivity contribution is 5.88. The monoisotopic (exact) mass is 234 g/mol. The summed E-state index contributed by atoms with van der Waals surface area (Å²) in [6.07, 6.45) is 1.35. The number of aromatic nitrogens is 4. The molecule has 6 heteroatoms. The zero-order valence-electron chi connectivity index (χ0n) is 10.2. The Hall–Kier alpha value is -1.98. The van der Waals surface area contributed by atoms with Crippen molar-refractivity contribution < 1.29 is 9.90 Å². The molecule has 0 aromatic carbocycles. The van der Waals surface area contributed by atoms with Crippen LogP contribution in [-0.4, -0.2) is 30.9 Å². The molecule has 2 aromatic rings. The number of rotatable bonds is 1. The van der Waals surface area contributed by atoms with Crippen LogP contribution in [0.2, 0.25) is 0 Å². The van der Waals surface area contributed by atoms with Crippen molar-refractivity contribution in [3.63, 3.8) is 0 Å². The minimum Gasteiger partial charge on any atom is -0.478 e. The van der Waals surface area contributed by atoms with Crippen LogP contribution in [0, 0.1) is 6.92 Å². The van der Waals surface area contributed by atoms with E-state index in [0.29, 0.717) is 11.3 Å². The normalized spacial score (nSPS) is 12.0. The van der Waals surface area contributed by atoms with E-state index < -0.39 is 5.97 Å². The second-order valence-corrected chi connectivity index (χ2v) is 4.99. The van der Waals surface area contributed by atoms with E-state index in [0.717, 1.165) is 5.69 Å². The number of fused-ring (bicyclic) bond motifs is 1. The predicted molar refractivity (Wildman–Crippen MR) is 61.2 cm³/mol. The van der Waals surface area contributed by atoms with Crippen molar-refractivity contribution in [3.05, 3.63) is 23.1 Å². The van der Waals surface area contributed by atoms with Gasteiger partial charge in [0.15, 0.2) is 5.65 Å². The number of carbonyl (C=O) groups is 1. The molecule has 1 N–H and O–H groups in total. The van der Waals surface area contributed by atoms with Gasteiger partial charge in [-0.15, -0.1) is 5.10 Å². The fourth-order valence-electron chi connectivity index (χ4n) is 1.65. The second-order valence-electron chi connectivity index (χ2n) is 4.99. The molecule has 0 atom stereocenters. The summed E-state index contributed by atoms with van der Waals surface area (Å²) in [5.74, 6) is -1.01. The second kappa shape index (κ2) is 3.51. The molecule has 2 heterocycles. The van der Waals surface area contributed by atoms with E-state index in [1.54, 1.807) is 6.92 Å². The Labute approximate surface area is 98.3 Å². The maximum Gasteiger partial charge on any atom is 0.339 e. The Balaban J connectivity index is 2.75. The maximum atomic E-state index is 11.0. The SMILES string of the molecule is Cc1c(C(=O)O)cnc2c(C(C)(C)C)nnn12. The molecule has 0 fully saturated rings. The van der Waals surface area contributed by atoms with Crippen molar-refractivity contribution in [3.8, 4) is 0 Å². The third-order valence-electron chi connectivity index (χ3n) is 2.61. The summed E-state index contributed by atoms with van der Waals surface area (Å²) >= 11 is 0. The maximum absolute atomic E-state index is 11.0. The van der Waals surface area contributed by atoms with Gasteiger partial charge in [-0.1, -0.05) is 26.0 Å². The summed E-state index contributed by atoms with van der Waals surface area (Å²) in [5, 5.41) is 17.0. The van der Waals surface area contributed by atoms with Gasteiger partial charge in [-0.05, 0) is 6.92 Å². The average Bonchev–Trinajstić information content (AvgIpc) is 2.61. The van der Waals surface area contributed by atoms with Crippen LogP contribution in [0.15, 0.2) is 6.20 Å². The lowest BCUT2D eigenvalue weighted by atomic mass is 9.92. The van der Waals surface area contributed by atoms with Gasteiger partial charge < -0.3 is 5.11 Å². The quantitative estimate of drug-likeness (QED) is 0.807. The van der Waals surface area contributed by atoms with Gasteiger partial charge in [0.25, 0.3) is 0 Å². The first kappa shape index (κ1) is 11.5. The minimum atomic E-state index is -1.01. The predicted octanol–water partition coefficient (Wildman–Crippen LogP) is 1.43. The van der Waals surface area contributed by atoms with Gasteiger partial charge in [0.05, 0.1) is 11.3 Å². The topological polar surface area (TPSA) is 80.4 Å². The first-order valence-corrected chi connectivity index (χ1v) is 5.27. The molecule has 2 rings (SSSR count). The first-order chi connectivity index (χ1) is 7.82. The molecule has 2 aromatic heterocycles. The largest absolute Gasteiger partial charge is 0.478 e. The van der Waals surface area contributed by atoms with Gasteiger partial charge in [-0.3, -0.25) is 0 Å². The number of aromatic carboxylic acids is 1. The van der Waals surface area contributed by atoms with Crippen LogP contribution < -0.4 is 0 Å². The van der Waals surface area contributed by atoms with E-state index in [-0.39, 0.29) is 11.0 Å². The Bertz CT molecular complexity index is 595. The number of aryl methyl sites for hydroxylation is 1. The molecule has 0 radical (unpaired) electrons. The van der Waals surface area contributed by atoms with Gasteiger partial charge in [0.2, 0.25) is 0 Å². The average molecular weight is 234 g/mol. The van der Waals surface area contributed by atoms with Crippen LogP contribution in [-0.2, 0) is 5.41 Å². The Kier molecular flexibility index (Phi) is 2.38. The molecule has 17 heavy (non-hydrogen) atoms. The Morgan fingerprint density at radius 2 is 2.06 bits per heavy atom. The van der Waals surface area contributed by atoms with Gasteiger partial charge in [0.1, 0.15) is 5.69 Å². The number of hydrogen-bond acceptors (Lipinski definition) is 4. The highest BCUT2D eigenvalue weighted by atomic mass is 16.4. The van der Waals surface area contributed by atoms with Gasteiger partial charge in [-0.2, -0.15) is 4.52 Å². The van der Waals surface area contributed by atoms with E-state index in [1.807, 2.05) is 20.8 Å². The van der Waals surface area contributed by atoms with Crippen molar-refractivity contribution in [2.75, 3.05) is 0 Å². The zero-order valence-corrected chi connectivity index (χ0v) is 10.2. The van der Waals surface area contributed by atoms with E-state index in [1.165, 1.54) is 10.7 Å². The number of nitrogens with zero attached hydrogens (tertiary/aromatic N) is 4. The van der Waals surface area contributed by atoms with Crippen LogP contribution in [0.25, 0.3) is 5.65 Å². The highest BCUT2D eigenvalue weighted by Crippen LogP contribution is 2.23. The molecule has 0 saturated heterocycles. The smallest absolute Gasteiger partial charge is 0.339 e. The first-order valence-electron chi connectivity index (χ1n) is 5.27. The van der Waals surface area contributed by atoms with E-state index in [9.17, 15) is 4.79 Å². The fraction of sp³-hybridized carbons (Fsp3) is 0.455. The summed E-state index contributed by atoms with van der Waals surface area (Å²) in [6.45, 7) is 7.73. The van der Waals surface area contributed by atoms with Crippen molar-refractivity contribution in [1.82, 2.24) is 19.8 Å². The van der Waals surface area contributed by atoms with Crippen molar-refractivity contribution in [2.24, 2.45) is 0 Å². The van der Waals surface area contributed by atoms with Gasteiger partial charge in [0, 0.05) is 11.6 Å². The van der Waals surface area contributed by atoms with Crippen LogP contribution in [0.5, 0.6) is 0 Å². The lowest BCUT2D eigenvalue weighted by Gasteiger charge is -2.14. The molecule has 0 unspecified atom stereocenters. The molecule has 90 valence electrons. The van der Waals surface area contributed by atoms with Gasteiger partial charge in [-0.25, -0.2) is 9.78 Å². The van der Waals surface area contributed by atoms with Crippen molar-refractivity contribution in [1.29, 1.82) is 0 Å². The Morgan fingerprint density at radius 3 is 2.59 bits per heavy atom. The third-order valence-corrected chi connectivity index (χ3v) is 2.61. The van der Waals surface area contributed by atoms with Gasteiger partial charge >= 0.3 is 5.97 Å². The molecule has 0 aliphatic carbocycles. The van der Waals surface area contributed by atoms with E-state index >= 15 is 0 Å². The van der Waals surface area contributed by atoms with Crippen molar-refractivity contribution >= 4 is 11.6 Å². The Morgan fingerprint density at radius 1 is 1.41 bits per heavy atom. The molecule has 0 aliphatic heterocycles. The summed E-state index contributed by atoms with van der Waals surface area (Å²) in [4.78, 5) is 15.1. The molecular formula is C11H14N4O2. The van der Waals surface area contributed by atoms with Crippen LogP contribution in [0.4, 0.5) is 0 Å². The number of hydrogen-bond donors (Lipinski definition) is 1. The number of carboxylic acid groups (broad SMARTS) is 1. The lowest BCUT2D eigenvalue weighted by molar-refractivity contribution is 0.0695. The standard InChI is InChI=1S/C11H14N4O2/c1-6-7(10(16)17)5-12-9-8(11(2,3)4)13-14-15(6)9/h5H,1-4H3,(H,16,17). The highest BCUT2D eigenvalue weighted by Gasteiger charge is 2.24. The van der Waals surface area contributed by atoms with Crippen molar-refractivity contribution in [2.45, 2.75) is 33.1 Å². The van der Waals surface area contributed by atoms with Crippen LogP contribution in [0.3, 0.4) is 0 Å². The minimum absolute atomic E-state index is 0.142. The summed E-state index contributed by atoms with van der Waals surface area (Å²) < 4.78 is 1.48. The zero-order chi connectivity index (χ0) is 12.8. The molecular weight excluding hydrogens is 220 g/mol. The van der Waals surface area contributed by atoms with E-state index in [2.05, 4.69) is 15.3 Å². The molecule has 0 amide bonds. The molecule has 0 spiro atoms. The summed E-state index contributed by atoms with van der Waals surface area (Å²) in [6, 6.07) is 0. The molecule has 0 aliphatic rings. The van der Waals surface area contributed by atoms with Crippen LogP contribution in [0.1, 0.15) is 42.5 Å². The molecule has 0 bridgehead atoms. The lowest BCUT2D eigenvalue weighted by Crippen LogP contribution is -2.13. The van der Waals surface area contributed by atoms with E-state index in [4.69, 9.17) is 5.11 Å². The number of carboxylic acids is 1.